The summed E-state index contributed by atoms with van der Waals surface area (Å²) in [6.45, 7) is 0.950. The molecule has 0 aliphatic heterocycles. The molecule has 5 heteroatoms. The van der Waals surface area contributed by atoms with E-state index in [0.29, 0.717) is 5.69 Å². The normalized spacial score (nSPS) is 10.6. The number of phenols is 1. The van der Waals surface area contributed by atoms with E-state index in [0.717, 1.165) is 25.1 Å². The van der Waals surface area contributed by atoms with Gasteiger partial charge in [0.15, 0.2) is 0 Å². The third-order valence-corrected chi connectivity index (χ3v) is 2.59. The van der Waals surface area contributed by atoms with Crippen LogP contribution in [-0.2, 0) is 6.42 Å². The topological polar surface area (TPSA) is 63.0 Å². The van der Waals surface area contributed by atoms with Crippen molar-refractivity contribution in [3.63, 3.8) is 0 Å². The van der Waals surface area contributed by atoms with E-state index >= 15 is 0 Å². The first-order valence-corrected chi connectivity index (χ1v) is 5.65. The molecule has 0 atom stereocenters. The fourth-order valence-electron chi connectivity index (χ4n) is 1.72. The van der Waals surface area contributed by atoms with Crippen molar-refractivity contribution in [2.75, 3.05) is 13.6 Å². The molecule has 2 rings (SSSR count). The third kappa shape index (κ3) is 2.62. The van der Waals surface area contributed by atoms with E-state index in [1.165, 1.54) is 0 Å². The van der Waals surface area contributed by atoms with Crippen molar-refractivity contribution < 1.29 is 5.11 Å². The lowest BCUT2D eigenvalue weighted by Crippen LogP contribution is -2.10. The van der Waals surface area contributed by atoms with Gasteiger partial charge >= 0.3 is 0 Å². The molecule has 1 aromatic heterocycles. The Labute approximate surface area is 100 Å². The van der Waals surface area contributed by atoms with Crippen molar-refractivity contribution in [1.29, 1.82) is 0 Å². The number of benzene rings is 1. The highest BCUT2D eigenvalue weighted by Gasteiger charge is 2.08. The van der Waals surface area contributed by atoms with Gasteiger partial charge in [-0.2, -0.15) is 0 Å². The fraction of sp³-hybridized carbons (Fsp3) is 0.333. The molecule has 0 bridgehead atoms. The van der Waals surface area contributed by atoms with Crippen molar-refractivity contribution in [1.82, 2.24) is 20.3 Å². The Morgan fingerprint density at radius 1 is 1.35 bits per heavy atom. The SMILES string of the molecule is CNCCCc1cnnn1-c1ccccc1O. The number of hydrogen-bond acceptors (Lipinski definition) is 4. The average Bonchev–Trinajstić information content (AvgIpc) is 2.78. The molecule has 0 amide bonds. The highest BCUT2D eigenvalue weighted by atomic mass is 16.3. The largest absolute Gasteiger partial charge is 0.506 e. The summed E-state index contributed by atoms with van der Waals surface area (Å²) < 4.78 is 1.69. The van der Waals surface area contributed by atoms with E-state index in [1.54, 1.807) is 23.0 Å². The Bertz CT molecular complexity index is 481. The predicted octanol–water partition coefficient (Wildman–Crippen LogP) is 1.12. The van der Waals surface area contributed by atoms with Gasteiger partial charge in [0, 0.05) is 0 Å². The zero-order valence-electron chi connectivity index (χ0n) is 9.80. The number of aromatic hydroxyl groups is 1. The summed E-state index contributed by atoms with van der Waals surface area (Å²) in [6, 6.07) is 7.13. The van der Waals surface area contributed by atoms with Crippen molar-refractivity contribution in [3.05, 3.63) is 36.2 Å². The van der Waals surface area contributed by atoms with Crippen LogP contribution >= 0.6 is 0 Å². The summed E-state index contributed by atoms with van der Waals surface area (Å²) in [5.74, 6) is 0.216. The molecular weight excluding hydrogens is 216 g/mol. The van der Waals surface area contributed by atoms with Crippen LogP contribution in [0, 0.1) is 0 Å². The number of nitrogens with zero attached hydrogens (tertiary/aromatic N) is 3. The van der Waals surface area contributed by atoms with Gasteiger partial charge in [-0.1, -0.05) is 17.3 Å². The highest BCUT2D eigenvalue weighted by molar-refractivity contribution is 5.45. The summed E-state index contributed by atoms with van der Waals surface area (Å²) >= 11 is 0. The van der Waals surface area contributed by atoms with Gasteiger partial charge in [0.2, 0.25) is 0 Å². The zero-order valence-corrected chi connectivity index (χ0v) is 9.80. The van der Waals surface area contributed by atoms with Crippen LogP contribution in [0.25, 0.3) is 5.69 Å². The van der Waals surface area contributed by atoms with Gasteiger partial charge in [0.25, 0.3) is 0 Å². The zero-order chi connectivity index (χ0) is 12.1. The molecule has 5 nitrogen and oxygen atoms in total. The molecule has 0 aliphatic carbocycles. The average molecular weight is 232 g/mol. The fourth-order valence-corrected chi connectivity index (χ4v) is 1.72. The number of hydrogen-bond donors (Lipinski definition) is 2. The van der Waals surface area contributed by atoms with Crippen molar-refractivity contribution in [2.24, 2.45) is 0 Å². The van der Waals surface area contributed by atoms with Gasteiger partial charge in [0.1, 0.15) is 11.4 Å². The second-order valence-electron chi connectivity index (χ2n) is 3.83. The molecule has 0 aliphatic rings. The Balaban J connectivity index is 2.22. The molecule has 0 saturated carbocycles. The molecule has 0 saturated heterocycles. The quantitative estimate of drug-likeness (QED) is 0.758. The van der Waals surface area contributed by atoms with Crippen LogP contribution < -0.4 is 5.32 Å². The van der Waals surface area contributed by atoms with Crippen molar-refractivity contribution in [2.45, 2.75) is 12.8 Å². The van der Waals surface area contributed by atoms with Crippen LogP contribution in [0.2, 0.25) is 0 Å². The Hall–Kier alpha value is -1.88. The molecule has 2 N–H and O–H groups in total. The molecule has 90 valence electrons. The molecule has 2 aromatic rings. The number of phenolic OH excluding ortho intramolecular Hbond substituents is 1. The molecule has 0 fully saturated rings. The molecule has 1 aromatic carbocycles. The van der Waals surface area contributed by atoms with Crippen molar-refractivity contribution in [3.8, 4) is 11.4 Å². The monoisotopic (exact) mass is 232 g/mol. The molecule has 0 unspecified atom stereocenters. The lowest BCUT2D eigenvalue weighted by Gasteiger charge is -2.07. The smallest absolute Gasteiger partial charge is 0.141 e. The number of aryl methyl sites for hydroxylation is 1. The maximum absolute atomic E-state index is 9.78. The van der Waals surface area contributed by atoms with E-state index in [2.05, 4.69) is 15.6 Å². The highest BCUT2D eigenvalue weighted by Crippen LogP contribution is 2.21. The van der Waals surface area contributed by atoms with E-state index in [1.807, 2.05) is 19.2 Å². The minimum atomic E-state index is 0.216. The Morgan fingerprint density at radius 2 is 2.18 bits per heavy atom. The van der Waals surface area contributed by atoms with Gasteiger partial charge in [-0.15, -0.1) is 5.10 Å². The number of para-hydroxylation sites is 2. The number of rotatable bonds is 5. The van der Waals surface area contributed by atoms with Gasteiger partial charge in [-0.05, 0) is 38.6 Å². The first-order valence-electron chi connectivity index (χ1n) is 5.65. The minimum Gasteiger partial charge on any atom is -0.506 e. The van der Waals surface area contributed by atoms with Crippen LogP contribution in [0.1, 0.15) is 12.1 Å². The van der Waals surface area contributed by atoms with Gasteiger partial charge < -0.3 is 10.4 Å². The molecule has 0 radical (unpaired) electrons. The second kappa shape index (κ2) is 5.45. The lowest BCUT2D eigenvalue weighted by molar-refractivity contribution is 0.468. The molecule has 1 heterocycles. The van der Waals surface area contributed by atoms with Crippen LogP contribution in [0.5, 0.6) is 5.75 Å². The Morgan fingerprint density at radius 3 is 2.94 bits per heavy atom. The maximum Gasteiger partial charge on any atom is 0.141 e. The second-order valence-corrected chi connectivity index (χ2v) is 3.83. The van der Waals surface area contributed by atoms with E-state index in [9.17, 15) is 5.11 Å². The molecule has 0 spiro atoms. The summed E-state index contributed by atoms with van der Waals surface area (Å²) in [6.07, 6.45) is 3.63. The summed E-state index contributed by atoms with van der Waals surface area (Å²) in [4.78, 5) is 0. The van der Waals surface area contributed by atoms with E-state index < -0.39 is 0 Å². The lowest BCUT2D eigenvalue weighted by atomic mass is 10.2. The van der Waals surface area contributed by atoms with Gasteiger partial charge in [-0.25, -0.2) is 4.68 Å². The number of aromatic nitrogens is 3. The summed E-state index contributed by atoms with van der Waals surface area (Å²) in [7, 11) is 1.93. The first kappa shape index (κ1) is 11.6. The maximum atomic E-state index is 9.78. The Kier molecular flexibility index (Phi) is 3.72. The molecule has 17 heavy (non-hydrogen) atoms. The van der Waals surface area contributed by atoms with E-state index in [4.69, 9.17) is 0 Å². The van der Waals surface area contributed by atoms with E-state index in [-0.39, 0.29) is 5.75 Å². The van der Waals surface area contributed by atoms with Crippen LogP contribution in [-0.4, -0.2) is 33.7 Å². The van der Waals surface area contributed by atoms with Gasteiger partial charge in [0.05, 0.1) is 11.9 Å². The van der Waals surface area contributed by atoms with Crippen LogP contribution in [0.15, 0.2) is 30.5 Å². The van der Waals surface area contributed by atoms with Gasteiger partial charge in [-0.3, -0.25) is 0 Å². The first-order chi connectivity index (χ1) is 8.33. The van der Waals surface area contributed by atoms with Crippen LogP contribution in [0.3, 0.4) is 0 Å². The van der Waals surface area contributed by atoms with Crippen LogP contribution in [0.4, 0.5) is 0 Å². The molecular formula is C12H16N4O. The minimum absolute atomic E-state index is 0.216. The predicted molar refractivity (Wildman–Crippen MR) is 65.3 cm³/mol. The summed E-state index contributed by atoms with van der Waals surface area (Å²) in [5.41, 5.74) is 1.67. The van der Waals surface area contributed by atoms with Crippen molar-refractivity contribution >= 4 is 0 Å². The number of nitrogens with one attached hydrogen (secondary N) is 1. The standard InChI is InChI=1S/C12H16N4O/c1-13-8-4-5-10-9-14-15-16(10)11-6-2-3-7-12(11)17/h2-3,6-7,9,13,17H,4-5,8H2,1H3. The summed E-state index contributed by atoms with van der Waals surface area (Å²) in [5, 5.41) is 20.8. The third-order valence-electron chi connectivity index (χ3n) is 2.59.